The highest BCUT2D eigenvalue weighted by Gasteiger charge is 2.38. The number of hydrogen-bond donors (Lipinski definition) is 2. The number of rotatable bonds is 5. The van der Waals surface area contributed by atoms with Crippen molar-refractivity contribution in [2.75, 3.05) is 6.54 Å². The normalized spacial score (nSPS) is 18.6. The van der Waals surface area contributed by atoms with Crippen LogP contribution in [0.1, 0.15) is 30.4 Å². The summed E-state index contributed by atoms with van der Waals surface area (Å²) in [7, 11) is 0. The molecule has 1 aliphatic carbocycles. The average molecular weight is 472 g/mol. The van der Waals surface area contributed by atoms with Crippen LogP contribution in [0.3, 0.4) is 0 Å². The number of aliphatic imine (C=N–C) groups is 1. The van der Waals surface area contributed by atoms with Crippen LogP contribution in [-0.2, 0) is 6.54 Å². The van der Waals surface area contributed by atoms with Crippen LogP contribution in [0.4, 0.5) is 0 Å². The third kappa shape index (κ3) is 4.77. The van der Waals surface area contributed by atoms with Crippen molar-refractivity contribution in [2.24, 2.45) is 4.99 Å². The fourth-order valence-electron chi connectivity index (χ4n) is 3.38. The third-order valence-corrected chi connectivity index (χ3v) is 4.83. The molecule has 1 saturated carbocycles. The first-order chi connectivity index (χ1) is 12.8. The van der Waals surface area contributed by atoms with Crippen molar-refractivity contribution in [1.29, 1.82) is 0 Å². The maximum atomic E-state index is 4.81. The minimum absolute atomic E-state index is 0. The summed E-state index contributed by atoms with van der Waals surface area (Å²) in [4.78, 5) is 9.24. The highest BCUT2D eigenvalue weighted by atomic mass is 127. The fourth-order valence-corrected chi connectivity index (χ4v) is 3.38. The molecule has 1 aliphatic rings. The van der Waals surface area contributed by atoms with Crippen molar-refractivity contribution in [1.82, 2.24) is 15.6 Å². The molecular weight excluding hydrogens is 447 g/mol. The van der Waals surface area contributed by atoms with E-state index in [0.717, 1.165) is 24.4 Å². The van der Waals surface area contributed by atoms with E-state index in [1.54, 1.807) is 0 Å². The lowest BCUT2D eigenvalue weighted by Gasteiger charge is -2.12. The van der Waals surface area contributed by atoms with Crippen molar-refractivity contribution in [3.05, 3.63) is 78.0 Å². The summed E-state index contributed by atoms with van der Waals surface area (Å²) in [6.07, 6.45) is 3.02. The molecule has 3 aromatic rings. The molecule has 1 heterocycles. The SMILES string of the molecule is CCNC(=NCc1ccnc2ccccc12)NC1CC1c1ccccc1.I. The number of nitrogens with zero attached hydrogens (tertiary/aromatic N) is 2. The molecule has 1 fully saturated rings. The highest BCUT2D eigenvalue weighted by molar-refractivity contribution is 14.0. The van der Waals surface area contributed by atoms with Crippen molar-refractivity contribution < 1.29 is 0 Å². The van der Waals surface area contributed by atoms with E-state index in [4.69, 9.17) is 4.99 Å². The summed E-state index contributed by atoms with van der Waals surface area (Å²) in [5, 5.41) is 8.12. The van der Waals surface area contributed by atoms with Gasteiger partial charge in [-0.25, -0.2) is 4.99 Å². The Bertz CT molecular complexity index is 905. The lowest BCUT2D eigenvalue weighted by molar-refractivity contribution is 0.795. The number of guanidine groups is 1. The number of para-hydroxylation sites is 1. The van der Waals surface area contributed by atoms with Gasteiger partial charge in [0.2, 0.25) is 0 Å². The van der Waals surface area contributed by atoms with E-state index in [1.165, 1.54) is 16.5 Å². The minimum atomic E-state index is 0. The molecule has 0 radical (unpaired) electrons. The van der Waals surface area contributed by atoms with Gasteiger partial charge in [-0.2, -0.15) is 0 Å². The molecule has 4 nitrogen and oxygen atoms in total. The topological polar surface area (TPSA) is 49.3 Å². The van der Waals surface area contributed by atoms with Crippen LogP contribution in [0.15, 0.2) is 71.9 Å². The van der Waals surface area contributed by atoms with Crippen molar-refractivity contribution in [3.8, 4) is 0 Å². The summed E-state index contributed by atoms with van der Waals surface area (Å²) < 4.78 is 0. The van der Waals surface area contributed by atoms with Crippen molar-refractivity contribution in [3.63, 3.8) is 0 Å². The first-order valence-corrected chi connectivity index (χ1v) is 9.27. The lowest BCUT2D eigenvalue weighted by atomic mass is 10.1. The standard InChI is InChI=1S/C22H24N4.HI/c1-2-23-22(26-21-14-19(21)16-8-4-3-5-9-16)25-15-17-12-13-24-20-11-7-6-10-18(17)20;/h3-13,19,21H,2,14-15H2,1H3,(H2,23,25,26);1H. The van der Waals surface area contributed by atoms with Gasteiger partial charge in [0.05, 0.1) is 12.1 Å². The predicted molar refractivity (Wildman–Crippen MR) is 123 cm³/mol. The number of benzene rings is 2. The molecule has 0 saturated heterocycles. The Hall–Kier alpha value is -2.15. The Balaban J connectivity index is 0.00000210. The molecule has 1 aromatic heterocycles. The van der Waals surface area contributed by atoms with Crippen LogP contribution in [0.5, 0.6) is 0 Å². The van der Waals surface area contributed by atoms with E-state index in [2.05, 4.69) is 71.1 Å². The Morgan fingerprint density at radius 1 is 1.07 bits per heavy atom. The second-order valence-corrected chi connectivity index (χ2v) is 6.69. The maximum absolute atomic E-state index is 4.81. The van der Waals surface area contributed by atoms with Crippen LogP contribution in [0, 0.1) is 0 Å². The largest absolute Gasteiger partial charge is 0.357 e. The smallest absolute Gasteiger partial charge is 0.191 e. The van der Waals surface area contributed by atoms with E-state index in [9.17, 15) is 0 Å². The summed E-state index contributed by atoms with van der Waals surface area (Å²) >= 11 is 0. The van der Waals surface area contributed by atoms with E-state index < -0.39 is 0 Å². The number of pyridine rings is 1. The molecule has 2 aromatic carbocycles. The molecular formula is C22H25IN4. The second kappa shape index (κ2) is 9.17. The Kier molecular flexibility index (Phi) is 6.66. The Labute approximate surface area is 177 Å². The molecule has 0 spiro atoms. The third-order valence-electron chi connectivity index (χ3n) is 4.83. The van der Waals surface area contributed by atoms with Gasteiger partial charge in [0, 0.05) is 30.1 Å². The van der Waals surface area contributed by atoms with Gasteiger partial charge in [-0.1, -0.05) is 48.5 Å². The van der Waals surface area contributed by atoms with Crippen LogP contribution in [0.2, 0.25) is 0 Å². The van der Waals surface area contributed by atoms with Crippen molar-refractivity contribution >= 4 is 40.8 Å². The average Bonchev–Trinajstić information content (AvgIpc) is 3.46. The van der Waals surface area contributed by atoms with E-state index in [1.807, 2.05) is 18.3 Å². The minimum Gasteiger partial charge on any atom is -0.357 e. The molecule has 0 aliphatic heterocycles. The van der Waals surface area contributed by atoms with Gasteiger partial charge in [0.15, 0.2) is 5.96 Å². The molecule has 4 rings (SSSR count). The highest BCUT2D eigenvalue weighted by Crippen LogP contribution is 2.40. The van der Waals surface area contributed by atoms with Gasteiger partial charge >= 0.3 is 0 Å². The quantitative estimate of drug-likeness (QED) is 0.328. The summed E-state index contributed by atoms with van der Waals surface area (Å²) in [5.41, 5.74) is 3.62. The van der Waals surface area contributed by atoms with Gasteiger partial charge in [0.1, 0.15) is 0 Å². The Morgan fingerprint density at radius 2 is 1.85 bits per heavy atom. The molecule has 2 unspecified atom stereocenters. The molecule has 27 heavy (non-hydrogen) atoms. The maximum Gasteiger partial charge on any atom is 0.191 e. The first kappa shape index (κ1) is 19.6. The van der Waals surface area contributed by atoms with Crippen LogP contribution >= 0.6 is 24.0 Å². The molecule has 140 valence electrons. The molecule has 5 heteroatoms. The zero-order valence-electron chi connectivity index (χ0n) is 15.4. The molecule has 2 atom stereocenters. The number of halogens is 1. The zero-order chi connectivity index (χ0) is 17.8. The summed E-state index contributed by atoms with van der Waals surface area (Å²) in [5.74, 6) is 1.47. The predicted octanol–water partition coefficient (Wildman–Crippen LogP) is 4.46. The number of fused-ring (bicyclic) bond motifs is 1. The number of nitrogens with one attached hydrogen (secondary N) is 2. The Morgan fingerprint density at radius 3 is 2.67 bits per heavy atom. The summed E-state index contributed by atoms with van der Waals surface area (Å²) in [6.45, 7) is 3.59. The lowest BCUT2D eigenvalue weighted by Crippen LogP contribution is -2.39. The second-order valence-electron chi connectivity index (χ2n) is 6.69. The summed E-state index contributed by atoms with van der Waals surface area (Å²) in [6, 6.07) is 21.4. The van der Waals surface area contributed by atoms with E-state index in [0.29, 0.717) is 18.5 Å². The van der Waals surface area contributed by atoms with Gasteiger partial charge in [-0.05, 0) is 36.6 Å². The van der Waals surface area contributed by atoms with Gasteiger partial charge in [-0.15, -0.1) is 24.0 Å². The molecule has 0 amide bonds. The first-order valence-electron chi connectivity index (χ1n) is 9.27. The van der Waals surface area contributed by atoms with Gasteiger partial charge in [-0.3, -0.25) is 4.98 Å². The van der Waals surface area contributed by atoms with Gasteiger partial charge < -0.3 is 10.6 Å². The monoisotopic (exact) mass is 472 g/mol. The van der Waals surface area contributed by atoms with Crippen LogP contribution in [0.25, 0.3) is 10.9 Å². The van der Waals surface area contributed by atoms with Crippen LogP contribution in [-0.4, -0.2) is 23.5 Å². The van der Waals surface area contributed by atoms with Gasteiger partial charge in [0.25, 0.3) is 0 Å². The van der Waals surface area contributed by atoms with Crippen LogP contribution < -0.4 is 10.6 Å². The van der Waals surface area contributed by atoms with E-state index in [-0.39, 0.29) is 24.0 Å². The fraction of sp³-hybridized carbons (Fsp3) is 0.273. The molecule has 0 bridgehead atoms. The number of hydrogen-bond acceptors (Lipinski definition) is 2. The van der Waals surface area contributed by atoms with E-state index >= 15 is 0 Å². The zero-order valence-corrected chi connectivity index (χ0v) is 17.8. The molecule has 2 N–H and O–H groups in total. The van der Waals surface area contributed by atoms with Crippen molar-refractivity contribution in [2.45, 2.75) is 31.8 Å². The number of aromatic nitrogens is 1.